The maximum absolute atomic E-state index is 13.7. The van der Waals surface area contributed by atoms with Crippen molar-refractivity contribution < 1.29 is 28.6 Å². The molecule has 2 atom stereocenters. The summed E-state index contributed by atoms with van der Waals surface area (Å²) >= 11 is 0. The van der Waals surface area contributed by atoms with Gasteiger partial charge in [-0.15, -0.1) is 0 Å². The number of rotatable bonds is 6. The number of hydrogen-bond donors (Lipinski definition) is 1. The van der Waals surface area contributed by atoms with Crippen LogP contribution in [0.3, 0.4) is 0 Å². The van der Waals surface area contributed by atoms with Crippen molar-refractivity contribution in [2.45, 2.75) is 92.0 Å². The molecule has 4 heterocycles. The Morgan fingerprint density at radius 1 is 1.17 bits per heavy atom. The molecule has 0 saturated heterocycles. The van der Waals surface area contributed by atoms with Crippen molar-refractivity contribution in [2.75, 3.05) is 7.11 Å². The van der Waals surface area contributed by atoms with Crippen molar-refractivity contribution >= 4 is 28.7 Å². The van der Waals surface area contributed by atoms with Crippen LogP contribution >= 0.6 is 0 Å². The van der Waals surface area contributed by atoms with Gasteiger partial charge in [-0.3, -0.25) is 14.4 Å². The Morgan fingerprint density at radius 2 is 1.88 bits per heavy atom. The van der Waals surface area contributed by atoms with Crippen LogP contribution in [0.15, 0.2) is 29.1 Å². The molecule has 5 rings (SSSR count). The fourth-order valence-corrected chi connectivity index (χ4v) is 5.44. The summed E-state index contributed by atoms with van der Waals surface area (Å²) in [4.78, 5) is 56.7. The molecule has 1 amide bonds. The van der Waals surface area contributed by atoms with Crippen LogP contribution in [0.4, 0.5) is 4.79 Å². The summed E-state index contributed by atoms with van der Waals surface area (Å²) < 4.78 is 17.7. The average molecular weight is 578 g/mol. The standard InChI is InChI=1S/C30H33N3O7.C2H6/c1-7-17-19-10-16(38-6)8-9-23(19)32-26-21(17)13-33-24(26)11-18-20(28(36)39-14-22(18)27(33)35)12-25(34)15(2)31-29(37)40-30(3,4)5;1-2/h8-11,15,20H,7,12-14H2,1-6H3,(H,31,37);1-2H3/t15?,20-;/m0./s1. The van der Waals surface area contributed by atoms with Crippen LogP contribution in [0, 0.1) is 0 Å². The topological polar surface area (TPSA) is 126 Å². The van der Waals surface area contributed by atoms with E-state index in [2.05, 4.69) is 12.2 Å². The molecule has 0 saturated carbocycles. The molecule has 0 spiro atoms. The molecule has 3 aromatic rings. The van der Waals surface area contributed by atoms with Gasteiger partial charge >= 0.3 is 12.1 Å². The van der Waals surface area contributed by atoms with Gasteiger partial charge in [-0.05, 0) is 69.5 Å². The van der Waals surface area contributed by atoms with Crippen LogP contribution in [0.2, 0.25) is 0 Å². The number of cyclic esters (lactones) is 1. The number of esters is 1. The Balaban J connectivity index is 0.00000198. The van der Waals surface area contributed by atoms with E-state index >= 15 is 0 Å². The summed E-state index contributed by atoms with van der Waals surface area (Å²) in [6.07, 6.45) is -0.225. The number of benzene rings is 1. The van der Waals surface area contributed by atoms with E-state index in [-0.39, 0.29) is 24.4 Å². The molecule has 0 fully saturated rings. The van der Waals surface area contributed by atoms with Crippen molar-refractivity contribution in [2.24, 2.45) is 0 Å². The van der Waals surface area contributed by atoms with E-state index in [1.807, 2.05) is 32.0 Å². The lowest BCUT2D eigenvalue weighted by Crippen LogP contribution is -2.43. The van der Waals surface area contributed by atoms with Crippen molar-refractivity contribution in [3.05, 3.63) is 56.9 Å². The highest BCUT2D eigenvalue weighted by Gasteiger charge is 2.37. The van der Waals surface area contributed by atoms with Gasteiger partial charge in [0.25, 0.3) is 5.56 Å². The van der Waals surface area contributed by atoms with E-state index in [0.717, 1.165) is 34.2 Å². The van der Waals surface area contributed by atoms with Gasteiger partial charge in [-0.1, -0.05) is 20.8 Å². The van der Waals surface area contributed by atoms with Gasteiger partial charge in [0.1, 0.15) is 18.0 Å². The Bertz CT molecular complexity index is 1620. The molecule has 2 aliphatic heterocycles. The number of hydrogen-bond acceptors (Lipinski definition) is 8. The Morgan fingerprint density at radius 3 is 2.52 bits per heavy atom. The number of pyridine rings is 2. The fraction of sp³-hybridized carbons (Fsp3) is 0.469. The number of Topliss-reactive ketones (excluding diaryl/α,β-unsaturated/α-hetero) is 1. The highest BCUT2D eigenvalue weighted by molar-refractivity contribution is 5.93. The highest BCUT2D eigenvalue weighted by atomic mass is 16.6. The Labute approximate surface area is 245 Å². The molecular weight excluding hydrogens is 538 g/mol. The molecular formula is C32H39N3O7. The first-order valence-corrected chi connectivity index (χ1v) is 14.4. The molecule has 0 aliphatic carbocycles. The number of ether oxygens (including phenoxy) is 3. The third-order valence-electron chi connectivity index (χ3n) is 7.40. The van der Waals surface area contributed by atoms with E-state index in [1.165, 1.54) is 6.92 Å². The van der Waals surface area contributed by atoms with E-state index in [0.29, 0.717) is 29.1 Å². The summed E-state index contributed by atoms with van der Waals surface area (Å²) in [7, 11) is 1.62. The minimum atomic E-state index is -0.975. The molecule has 2 aliphatic rings. The lowest BCUT2D eigenvalue weighted by Gasteiger charge is -2.26. The fourth-order valence-electron chi connectivity index (χ4n) is 5.44. The van der Waals surface area contributed by atoms with Gasteiger partial charge in [0.2, 0.25) is 0 Å². The molecule has 10 nitrogen and oxygen atoms in total. The number of methoxy groups -OCH3 is 1. The van der Waals surface area contributed by atoms with Crippen LogP contribution in [0.5, 0.6) is 5.75 Å². The number of carbonyl (C=O) groups excluding carboxylic acids is 3. The van der Waals surface area contributed by atoms with E-state index in [4.69, 9.17) is 19.2 Å². The summed E-state index contributed by atoms with van der Waals surface area (Å²) in [5.41, 5.74) is 3.96. The molecule has 0 radical (unpaired) electrons. The molecule has 2 aromatic heterocycles. The number of nitrogens with zero attached hydrogens (tertiary/aromatic N) is 2. The number of nitrogens with one attached hydrogen (secondary N) is 1. The number of fused-ring (bicyclic) bond motifs is 5. The largest absolute Gasteiger partial charge is 0.497 e. The van der Waals surface area contributed by atoms with Crippen LogP contribution in [0.25, 0.3) is 22.3 Å². The number of aryl methyl sites for hydroxylation is 1. The van der Waals surface area contributed by atoms with Gasteiger partial charge < -0.3 is 24.1 Å². The third-order valence-corrected chi connectivity index (χ3v) is 7.40. The van der Waals surface area contributed by atoms with Crippen LogP contribution in [0.1, 0.15) is 83.1 Å². The van der Waals surface area contributed by atoms with Crippen molar-refractivity contribution in [3.63, 3.8) is 0 Å². The normalized spacial score (nSPS) is 15.8. The number of alkyl carbamates (subject to hydrolysis) is 1. The molecule has 42 heavy (non-hydrogen) atoms. The minimum absolute atomic E-state index is 0.159. The summed E-state index contributed by atoms with van der Waals surface area (Å²) in [6, 6.07) is 6.60. The second-order valence-corrected chi connectivity index (χ2v) is 11.2. The van der Waals surface area contributed by atoms with Gasteiger partial charge in [-0.2, -0.15) is 0 Å². The maximum Gasteiger partial charge on any atom is 0.408 e. The molecule has 0 bridgehead atoms. The van der Waals surface area contributed by atoms with Crippen LogP contribution in [-0.4, -0.2) is 46.1 Å². The first-order chi connectivity index (χ1) is 19.9. The second kappa shape index (κ2) is 12.0. The monoisotopic (exact) mass is 577 g/mol. The van der Waals surface area contributed by atoms with Gasteiger partial charge in [0.05, 0.1) is 48.1 Å². The first-order valence-electron chi connectivity index (χ1n) is 14.4. The van der Waals surface area contributed by atoms with Crippen molar-refractivity contribution in [3.8, 4) is 17.1 Å². The van der Waals surface area contributed by atoms with E-state index in [9.17, 15) is 19.2 Å². The predicted octanol–water partition coefficient (Wildman–Crippen LogP) is 5.04. The number of carbonyl (C=O) groups is 3. The predicted molar refractivity (Wildman–Crippen MR) is 159 cm³/mol. The van der Waals surface area contributed by atoms with Gasteiger partial charge in [-0.25, -0.2) is 9.78 Å². The average Bonchev–Trinajstić information content (AvgIpc) is 3.31. The van der Waals surface area contributed by atoms with Crippen LogP contribution < -0.4 is 15.6 Å². The van der Waals surface area contributed by atoms with Gasteiger partial charge in [0.15, 0.2) is 5.78 Å². The van der Waals surface area contributed by atoms with Crippen molar-refractivity contribution in [1.82, 2.24) is 14.9 Å². The van der Waals surface area contributed by atoms with Crippen LogP contribution in [-0.2, 0) is 38.6 Å². The Kier molecular flexibility index (Phi) is 8.75. The second-order valence-electron chi connectivity index (χ2n) is 11.2. The smallest absolute Gasteiger partial charge is 0.408 e. The molecule has 224 valence electrons. The third kappa shape index (κ3) is 5.75. The van der Waals surface area contributed by atoms with Crippen molar-refractivity contribution in [1.29, 1.82) is 0 Å². The summed E-state index contributed by atoms with van der Waals surface area (Å²) in [6.45, 7) is 13.0. The molecule has 10 heteroatoms. The first kappa shape index (κ1) is 30.7. The molecule has 1 N–H and O–H groups in total. The minimum Gasteiger partial charge on any atom is -0.497 e. The molecule has 1 unspecified atom stereocenters. The van der Waals surface area contributed by atoms with E-state index in [1.54, 1.807) is 38.5 Å². The number of amides is 1. The Hall–Kier alpha value is -4.21. The van der Waals surface area contributed by atoms with Gasteiger partial charge in [0, 0.05) is 17.4 Å². The quantitative estimate of drug-likeness (QED) is 0.316. The molecule has 1 aromatic carbocycles. The maximum atomic E-state index is 13.7. The zero-order valence-electron chi connectivity index (χ0n) is 25.5. The summed E-state index contributed by atoms with van der Waals surface area (Å²) in [5, 5.41) is 3.49. The highest BCUT2D eigenvalue weighted by Crippen LogP contribution is 2.39. The summed E-state index contributed by atoms with van der Waals surface area (Å²) in [5.74, 6) is -1.21. The lowest BCUT2D eigenvalue weighted by atomic mass is 9.87. The SMILES string of the molecule is CC.CCc1c2c(nc3ccc(OC)cc13)-c1cc3c(c(=O)n1C2)COC(=O)[C@H]3CC(=O)C(C)NC(=O)OC(C)(C)C. The number of ketones is 1. The zero-order valence-corrected chi connectivity index (χ0v) is 25.5. The number of aromatic nitrogens is 2. The van der Waals surface area contributed by atoms with E-state index < -0.39 is 29.6 Å². The zero-order chi connectivity index (χ0) is 30.9. The lowest BCUT2D eigenvalue weighted by molar-refractivity contribution is -0.149.